The highest BCUT2D eigenvalue weighted by Gasteiger charge is 2.33. The molecule has 0 atom stereocenters. The van der Waals surface area contributed by atoms with E-state index in [4.69, 9.17) is 14.2 Å². The Balaban J connectivity index is 1.12. The van der Waals surface area contributed by atoms with E-state index < -0.39 is 34.9 Å². The molecule has 3 aromatic carbocycles. The topological polar surface area (TPSA) is 27.7 Å². The zero-order valence-corrected chi connectivity index (χ0v) is 25.0. The summed E-state index contributed by atoms with van der Waals surface area (Å²) in [5, 5.41) is 0. The Morgan fingerprint density at radius 3 is 1.64 bits per heavy atom. The van der Waals surface area contributed by atoms with E-state index in [0.29, 0.717) is 17.4 Å². The van der Waals surface area contributed by atoms with E-state index in [0.717, 1.165) is 51.4 Å². The van der Waals surface area contributed by atoms with Crippen LogP contribution < -0.4 is 9.47 Å². The SMILES string of the molecule is CCOc1ccc(-c2ccc(COC3CCC(C4CCC(c5ccc(OCC)c(F)c5F)CC4)CC3)c(F)c2F)c(F)c1F. The summed E-state index contributed by atoms with van der Waals surface area (Å²) in [4.78, 5) is 0. The average Bonchev–Trinajstić information content (AvgIpc) is 3.04. The third-order valence-electron chi connectivity index (χ3n) is 9.25. The van der Waals surface area contributed by atoms with Crippen LogP contribution in [0, 0.1) is 46.7 Å². The first-order chi connectivity index (χ1) is 21.2. The van der Waals surface area contributed by atoms with Crippen LogP contribution in [0.15, 0.2) is 36.4 Å². The van der Waals surface area contributed by atoms with Gasteiger partial charge in [-0.2, -0.15) is 8.78 Å². The number of ether oxygens (including phenoxy) is 3. The maximum atomic E-state index is 15.0. The highest BCUT2D eigenvalue weighted by molar-refractivity contribution is 5.66. The van der Waals surface area contributed by atoms with Crippen LogP contribution in [0.4, 0.5) is 26.3 Å². The smallest absolute Gasteiger partial charge is 0.201 e. The Bertz CT molecular complexity index is 1450. The Hall–Kier alpha value is -3.20. The van der Waals surface area contributed by atoms with Crippen molar-refractivity contribution in [2.24, 2.45) is 11.8 Å². The molecule has 9 heteroatoms. The fourth-order valence-electron chi connectivity index (χ4n) is 6.88. The summed E-state index contributed by atoms with van der Waals surface area (Å²) in [6, 6.07) is 8.09. The van der Waals surface area contributed by atoms with Crippen LogP contribution in [-0.4, -0.2) is 19.3 Å². The molecule has 3 aromatic rings. The van der Waals surface area contributed by atoms with Crippen molar-refractivity contribution < 1.29 is 40.6 Å². The molecule has 2 saturated carbocycles. The van der Waals surface area contributed by atoms with Gasteiger partial charge in [-0.1, -0.05) is 18.2 Å². The van der Waals surface area contributed by atoms with Gasteiger partial charge in [-0.15, -0.1) is 0 Å². The molecule has 2 aliphatic rings. The van der Waals surface area contributed by atoms with E-state index in [1.54, 1.807) is 19.9 Å². The van der Waals surface area contributed by atoms with Crippen LogP contribution in [0.1, 0.15) is 82.3 Å². The summed E-state index contributed by atoms with van der Waals surface area (Å²) in [6.07, 6.45) is 6.90. The highest BCUT2D eigenvalue weighted by Crippen LogP contribution is 2.44. The lowest BCUT2D eigenvalue weighted by molar-refractivity contribution is -0.00322. The molecule has 0 spiro atoms. The summed E-state index contributed by atoms with van der Waals surface area (Å²) in [5.41, 5.74) is -0.332. The molecule has 0 saturated heterocycles. The largest absolute Gasteiger partial charge is 0.491 e. The van der Waals surface area contributed by atoms with E-state index in [9.17, 15) is 26.3 Å². The molecule has 44 heavy (non-hydrogen) atoms. The van der Waals surface area contributed by atoms with Gasteiger partial charge in [0.25, 0.3) is 0 Å². The second-order valence-electron chi connectivity index (χ2n) is 11.7. The molecule has 238 valence electrons. The second kappa shape index (κ2) is 14.3. The molecule has 0 N–H and O–H groups in total. The van der Waals surface area contributed by atoms with Crippen LogP contribution in [0.25, 0.3) is 11.1 Å². The van der Waals surface area contributed by atoms with E-state index in [-0.39, 0.29) is 60.0 Å². The molecule has 2 fully saturated rings. The number of hydrogen-bond acceptors (Lipinski definition) is 3. The third kappa shape index (κ3) is 6.72. The maximum Gasteiger partial charge on any atom is 0.201 e. The predicted molar refractivity (Wildman–Crippen MR) is 156 cm³/mol. The molecular formula is C35H38F6O3. The molecule has 0 aromatic heterocycles. The van der Waals surface area contributed by atoms with Gasteiger partial charge in [-0.25, -0.2) is 17.6 Å². The van der Waals surface area contributed by atoms with Gasteiger partial charge in [0.15, 0.2) is 34.8 Å². The Kier molecular flexibility index (Phi) is 10.4. The van der Waals surface area contributed by atoms with Gasteiger partial charge in [-0.3, -0.25) is 0 Å². The van der Waals surface area contributed by atoms with Crippen LogP contribution >= 0.6 is 0 Å². The van der Waals surface area contributed by atoms with Gasteiger partial charge < -0.3 is 14.2 Å². The first-order valence-electron chi connectivity index (χ1n) is 15.5. The van der Waals surface area contributed by atoms with Crippen molar-refractivity contribution in [1.29, 1.82) is 0 Å². The van der Waals surface area contributed by atoms with E-state index >= 15 is 0 Å². The van der Waals surface area contributed by atoms with Gasteiger partial charge in [0.2, 0.25) is 11.6 Å². The number of hydrogen-bond donors (Lipinski definition) is 0. The Morgan fingerprint density at radius 2 is 1.05 bits per heavy atom. The van der Waals surface area contributed by atoms with Crippen LogP contribution in [0.3, 0.4) is 0 Å². The highest BCUT2D eigenvalue weighted by atomic mass is 19.2. The predicted octanol–water partition coefficient (Wildman–Crippen LogP) is 10.0. The summed E-state index contributed by atoms with van der Waals surface area (Å²) in [5.74, 6) is -6.03. The lowest BCUT2D eigenvalue weighted by Gasteiger charge is -2.38. The van der Waals surface area contributed by atoms with Gasteiger partial charge >= 0.3 is 0 Å². The van der Waals surface area contributed by atoms with Gasteiger partial charge in [0.1, 0.15) is 0 Å². The standard InChI is InChI=1S/C35H38F6O3/c1-3-42-28-17-15-25(31(37)34(28)40)22-7-5-20(6-8-22)21-9-12-24(13-10-21)44-19-23-11-14-26(32(38)30(23)36)27-16-18-29(43-4-2)35(41)33(27)39/h11,14-18,20-22,24H,3-10,12-13,19H2,1-2H3. The van der Waals surface area contributed by atoms with E-state index in [1.165, 1.54) is 30.3 Å². The molecule has 0 bridgehead atoms. The zero-order valence-electron chi connectivity index (χ0n) is 25.0. The second-order valence-corrected chi connectivity index (χ2v) is 11.7. The monoisotopic (exact) mass is 620 g/mol. The van der Waals surface area contributed by atoms with Crippen LogP contribution in [-0.2, 0) is 11.3 Å². The van der Waals surface area contributed by atoms with E-state index in [2.05, 4.69) is 0 Å². The van der Waals surface area contributed by atoms with Gasteiger partial charge in [0, 0.05) is 16.7 Å². The van der Waals surface area contributed by atoms with Crippen molar-refractivity contribution >= 4 is 0 Å². The molecule has 0 heterocycles. The average molecular weight is 621 g/mol. The van der Waals surface area contributed by atoms with Gasteiger partial charge in [-0.05, 0) is 107 Å². The van der Waals surface area contributed by atoms with Crippen LogP contribution in [0.5, 0.6) is 11.5 Å². The van der Waals surface area contributed by atoms with Crippen molar-refractivity contribution in [1.82, 2.24) is 0 Å². The lowest BCUT2D eigenvalue weighted by atomic mass is 9.69. The molecule has 2 aliphatic carbocycles. The van der Waals surface area contributed by atoms with Crippen molar-refractivity contribution in [2.45, 2.75) is 83.8 Å². The van der Waals surface area contributed by atoms with Crippen molar-refractivity contribution in [3.8, 4) is 22.6 Å². The van der Waals surface area contributed by atoms with E-state index in [1.807, 2.05) is 0 Å². The zero-order chi connectivity index (χ0) is 31.4. The molecule has 3 nitrogen and oxygen atoms in total. The molecule has 5 rings (SSSR count). The van der Waals surface area contributed by atoms with Crippen molar-refractivity contribution in [3.05, 3.63) is 82.4 Å². The maximum absolute atomic E-state index is 15.0. The summed E-state index contributed by atoms with van der Waals surface area (Å²) in [6.45, 7) is 3.62. The summed E-state index contributed by atoms with van der Waals surface area (Å²) >= 11 is 0. The fourth-order valence-corrected chi connectivity index (χ4v) is 6.88. The quantitative estimate of drug-likeness (QED) is 0.211. The van der Waals surface area contributed by atoms with Crippen molar-refractivity contribution in [3.63, 3.8) is 0 Å². The Morgan fingerprint density at radius 1 is 0.545 bits per heavy atom. The molecule has 0 unspecified atom stereocenters. The number of benzene rings is 3. The van der Waals surface area contributed by atoms with Crippen molar-refractivity contribution in [2.75, 3.05) is 13.2 Å². The third-order valence-corrected chi connectivity index (χ3v) is 9.25. The van der Waals surface area contributed by atoms with Crippen LogP contribution in [0.2, 0.25) is 0 Å². The normalized spacial score (nSPS) is 22.2. The Labute approximate surface area is 254 Å². The molecule has 0 radical (unpaired) electrons. The summed E-state index contributed by atoms with van der Waals surface area (Å²) in [7, 11) is 0. The minimum Gasteiger partial charge on any atom is -0.491 e. The number of rotatable bonds is 10. The first-order valence-corrected chi connectivity index (χ1v) is 15.5. The minimum absolute atomic E-state index is 0.0106. The fraction of sp³-hybridized carbons (Fsp3) is 0.486. The first kappa shape index (κ1) is 32.2. The lowest BCUT2D eigenvalue weighted by Crippen LogP contribution is -2.28. The molecule has 0 amide bonds. The number of halogens is 6. The summed E-state index contributed by atoms with van der Waals surface area (Å²) < 4.78 is 104. The molecule has 0 aliphatic heterocycles. The van der Waals surface area contributed by atoms with Gasteiger partial charge in [0.05, 0.1) is 25.9 Å². The minimum atomic E-state index is -1.30. The molecular weight excluding hydrogens is 582 g/mol.